The molecule has 1 aromatic heterocycles. The summed E-state index contributed by atoms with van der Waals surface area (Å²) in [6, 6.07) is 11.5. The average Bonchev–Trinajstić information content (AvgIpc) is 2.76. The van der Waals surface area contributed by atoms with Gasteiger partial charge in [-0.1, -0.05) is 30.3 Å². The summed E-state index contributed by atoms with van der Waals surface area (Å²) < 4.78 is 1.48. The molecule has 1 atom stereocenters. The van der Waals surface area contributed by atoms with Crippen LogP contribution in [0.5, 0.6) is 0 Å². The van der Waals surface area contributed by atoms with Crippen molar-refractivity contribution >= 4 is 11.6 Å². The van der Waals surface area contributed by atoms with Crippen LogP contribution in [0, 0.1) is 5.92 Å². The number of rotatable bonds is 4. The molecule has 2 aromatic rings. The maximum absolute atomic E-state index is 13.0. The van der Waals surface area contributed by atoms with Gasteiger partial charge >= 0.3 is 0 Å². The smallest absolute Gasteiger partial charge is 0.269 e. The number of carbonyl (C=O) groups is 1. The first-order valence-corrected chi connectivity index (χ1v) is 10.4. The van der Waals surface area contributed by atoms with Crippen molar-refractivity contribution in [2.75, 3.05) is 51.2 Å². The van der Waals surface area contributed by atoms with Crippen LogP contribution in [-0.4, -0.2) is 71.8 Å². The zero-order valence-electron chi connectivity index (χ0n) is 17.0. The van der Waals surface area contributed by atoms with Crippen LogP contribution in [0.15, 0.2) is 47.4 Å². The van der Waals surface area contributed by atoms with Crippen molar-refractivity contribution in [2.45, 2.75) is 19.4 Å². The SMILES string of the molecule is CN1CCN(C(=O)C2CCCN(c3cnn(Cc4ccccc4)c(=O)c3)C2)CC1. The Morgan fingerprint density at radius 1 is 1.10 bits per heavy atom. The van der Waals surface area contributed by atoms with Gasteiger partial charge in [-0.3, -0.25) is 9.59 Å². The van der Waals surface area contributed by atoms with E-state index in [2.05, 4.69) is 21.9 Å². The summed E-state index contributed by atoms with van der Waals surface area (Å²) in [5, 5.41) is 4.38. The lowest BCUT2D eigenvalue weighted by Gasteiger charge is -2.38. The lowest BCUT2D eigenvalue weighted by atomic mass is 9.96. The maximum atomic E-state index is 13.0. The second-order valence-electron chi connectivity index (χ2n) is 8.11. The van der Waals surface area contributed by atoms with Gasteiger partial charge in [-0.05, 0) is 25.5 Å². The van der Waals surface area contributed by atoms with Crippen molar-refractivity contribution in [3.63, 3.8) is 0 Å². The lowest BCUT2D eigenvalue weighted by molar-refractivity contribution is -0.137. The van der Waals surface area contributed by atoms with Gasteiger partial charge in [-0.2, -0.15) is 5.10 Å². The first-order chi connectivity index (χ1) is 14.1. The second-order valence-corrected chi connectivity index (χ2v) is 8.11. The average molecular weight is 396 g/mol. The summed E-state index contributed by atoms with van der Waals surface area (Å²) in [6.45, 7) is 5.47. The van der Waals surface area contributed by atoms with Crippen molar-refractivity contribution in [3.8, 4) is 0 Å². The highest BCUT2D eigenvalue weighted by atomic mass is 16.2. The number of aromatic nitrogens is 2. The predicted molar refractivity (Wildman–Crippen MR) is 113 cm³/mol. The molecule has 1 amide bonds. The number of benzene rings is 1. The molecule has 3 heterocycles. The first kappa shape index (κ1) is 19.6. The van der Waals surface area contributed by atoms with Gasteiger partial charge in [0, 0.05) is 45.3 Å². The van der Waals surface area contributed by atoms with Crippen LogP contribution in [0.3, 0.4) is 0 Å². The van der Waals surface area contributed by atoms with E-state index >= 15 is 0 Å². The van der Waals surface area contributed by atoms with Gasteiger partial charge < -0.3 is 14.7 Å². The van der Waals surface area contributed by atoms with Gasteiger partial charge in [0.1, 0.15) is 0 Å². The van der Waals surface area contributed by atoms with Gasteiger partial charge in [0.2, 0.25) is 5.91 Å². The third-order valence-electron chi connectivity index (χ3n) is 5.98. The van der Waals surface area contributed by atoms with E-state index in [0.29, 0.717) is 13.1 Å². The molecule has 1 unspecified atom stereocenters. The normalized spacial score (nSPS) is 20.7. The van der Waals surface area contributed by atoms with Crippen LogP contribution in [-0.2, 0) is 11.3 Å². The van der Waals surface area contributed by atoms with Crippen molar-refractivity contribution in [2.24, 2.45) is 5.92 Å². The van der Waals surface area contributed by atoms with Crippen molar-refractivity contribution in [1.82, 2.24) is 19.6 Å². The molecule has 0 spiro atoms. The van der Waals surface area contributed by atoms with E-state index in [4.69, 9.17) is 0 Å². The van der Waals surface area contributed by atoms with Crippen LogP contribution in [0.25, 0.3) is 0 Å². The number of amides is 1. The molecule has 2 aliphatic heterocycles. The molecule has 0 saturated carbocycles. The molecular formula is C22H29N5O2. The van der Waals surface area contributed by atoms with E-state index in [0.717, 1.165) is 56.8 Å². The van der Waals surface area contributed by atoms with E-state index < -0.39 is 0 Å². The lowest BCUT2D eigenvalue weighted by Crippen LogP contribution is -2.51. The molecule has 0 N–H and O–H groups in total. The van der Waals surface area contributed by atoms with Crippen LogP contribution < -0.4 is 10.5 Å². The van der Waals surface area contributed by atoms with Gasteiger partial charge in [0.25, 0.3) is 5.56 Å². The Labute approximate surface area is 171 Å². The number of hydrogen-bond acceptors (Lipinski definition) is 5. The molecule has 29 heavy (non-hydrogen) atoms. The van der Waals surface area contributed by atoms with Crippen molar-refractivity contribution < 1.29 is 4.79 Å². The molecule has 2 fully saturated rings. The number of likely N-dealkylation sites (N-methyl/N-ethyl adjacent to an activating group) is 1. The maximum Gasteiger partial charge on any atom is 0.269 e. The van der Waals surface area contributed by atoms with Crippen molar-refractivity contribution in [1.29, 1.82) is 0 Å². The Balaban J connectivity index is 1.42. The molecule has 7 heteroatoms. The highest BCUT2D eigenvalue weighted by molar-refractivity contribution is 5.80. The molecule has 4 rings (SSSR count). The molecule has 7 nitrogen and oxygen atoms in total. The molecule has 1 aromatic carbocycles. The van der Waals surface area contributed by atoms with E-state index in [-0.39, 0.29) is 17.4 Å². The van der Waals surface area contributed by atoms with E-state index in [1.54, 1.807) is 12.3 Å². The summed E-state index contributed by atoms with van der Waals surface area (Å²) in [5.41, 5.74) is 1.75. The highest BCUT2D eigenvalue weighted by Crippen LogP contribution is 2.23. The summed E-state index contributed by atoms with van der Waals surface area (Å²) >= 11 is 0. The minimum atomic E-state index is -0.112. The zero-order chi connectivity index (χ0) is 20.2. The van der Waals surface area contributed by atoms with E-state index in [1.165, 1.54) is 4.68 Å². The number of nitrogens with zero attached hydrogens (tertiary/aromatic N) is 5. The Morgan fingerprint density at radius 3 is 2.59 bits per heavy atom. The first-order valence-electron chi connectivity index (χ1n) is 10.4. The standard InChI is InChI=1S/C22H29N5O2/c1-24-10-12-25(13-11-24)22(29)19-8-5-9-26(17-19)20-14-21(28)27(23-15-20)16-18-6-3-2-4-7-18/h2-4,6-7,14-15,19H,5,8-13,16-17H2,1H3. The largest absolute Gasteiger partial charge is 0.369 e. The van der Waals surface area contributed by atoms with Gasteiger partial charge in [0.05, 0.1) is 24.3 Å². The minimum Gasteiger partial charge on any atom is -0.369 e. The quantitative estimate of drug-likeness (QED) is 0.781. The van der Waals surface area contributed by atoms with Crippen LogP contribution in [0.4, 0.5) is 5.69 Å². The summed E-state index contributed by atoms with van der Waals surface area (Å²) in [7, 11) is 2.09. The highest BCUT2D eigenvalue weighted by Gasteiger charge is 2.31. The molecule has 2 saturated heterocycles. The molecule has 0 radical (unpaired) electrons. The molecule has 154 valence electrons. The monoisotopic (exact) mass is 395 g/mol. The number of piperazine rings is 1. The Morgan fingerprint density at radius 2 is 1.86 bits per heavy atom. The van der Waals surface area contributed by atoms with Crippen LogP contribution in [0.1, 0.15) is 18.4 Å². The Bertz CT molecular complexity index is 890. The van der Waals surface area contributed by atoms with E-state index in [1.807, 2.05) is 35.2 Å². The fraction of sp³-hybridized carbons (Fsp3) is 0.500. The molecule has 0 bridgehead atoms. The fourth-order valence-electron chi connectivity index (χ4n) is 4.17. The Hall–Kier alpha value is -2.67. The molecule has 2 aliphatic rings. The Kier molecular flexibility index (Phi) is 5.94. The van der Waals surface area contributed by atoms with Gasteiger partial charge in [0.15, 0.2) is 0 Å². The number of piperidine rings is 1. The summed E-state index contributed by atoms with van der Waals surface area (Å²) in [5.74, 6) is 0.257. The third kappa shape index (κ3) is 4.67. The fourth-order valence-corrected chi connectivity index (χ4v) is 4.17. The van der Waals surface area contributed by atoms with Crippen LogP contribution >= 0.6 is 0 Å². The van der Waals surface area contributed by atoms with Gasteiger partial charge in [-0.25, -0.2) is 4.68 Å². The minimum absolute atomic E-state index is 0.00101. The zero-order valence-corrected chi connectivity index (χ0v) is 17.0. The number of carbonyl (C=O) groups excluding carboxylic acids is 1. The van der Waals surface area contributed by atoms with Gasteiger partial charge in [-0.15, -0.1) is 0 Å². The number of hydrogen-bond donors (Lipinski definition) is 0. The number of anilines is 1. The van der Waals surface area contributed by atoms with Crippen molar-refractivity contribution in [3.05, 3.63) is 58.5 Å². The topological polar surface area (TPSA) is 61.7 Å². The summed E-state index contributed by atoms with van der Waals surface area (Å²) in [6.07, 6.45) is 3.63. The van der Waals surface area contributed by atoms with Crippen LogP contribution in [0.2, 0.25) is 0 Å². The second kappa shape index (κ2) is 8.78. The predicted octanol–water partition coefficient (Wildman–Crippen LogP) is 1.28. The molecular weight excluding hydrogens is 366 g/mol. The van der Waals surface area contributed by atoms with E-state index in [9.17, 15) is 9.59 Å². The third-order valence-corrected chi connectivity index (χ3v) is 5.98. The summed E-state index contributed by atoms with van der Waals surface area (Å²) in [4.78, 5) is 31.9. The molecule has 0 aliphatic carbocycles.